The van der Waals surface area contributed by atoms with E-state index in [1.165, 1.54) is 19.3 Å². The number of rotatable bonds is 6. The average Bonchev–Trinajstić information content (AvgIpc) is 3.16. The van der Waals surface area contributed by atoms with Crippen LogP contribution in [0.4, 0.5) is 4.79 Å². The Balaban J connectivity index is 1.43. The summed E-state index contributed by atoms with van der Waals surface area (Å²) in [6.07, 6.45) is 6.91. The third-order valence-corrected chi connectivity index (χ3v) is 7.44. The van der Waals surface area contributed by atoms with E-state index in [1.807, 2.05) is 38.1 Å². The van der Waals surface area contributed by atoms with E-state index >= 15 is 0 Å². The first-order valence-electron chi connectivity index (χ1n) is 12.2. The van der Waals surface area contributed by atoms with Crippen molar-refractivity contribution < 1.29 is 14.3 Å². The van der Waals surface area contributed by atoms with Crippen molar-refractivity contribution in [3.8, 4) is 16.9 Å². The monoisotopic (exact) mass is 502 g/mol. The number of ether oxygens (including phenoxy) is 1. The molecule has 34 heavy (non-hydrogen) atoms. The van der Waals surface area contributed by atoms with Gasteiger partial charge in [-0.1, -0.05) is 54.6 Å². The fraction of sp³-hybridized carbons (Fsp3) is 0.481. The molecule has 1 saturated heterocycles. The van der Waals surface area contributed by atoms with Gasteiger partial charge in [0, 0.05) is 34.6 Å². The highest BCUT2D eigenvalue weighted by atomic mass is 35.5. The molecule has 7 heteroatoms. The van der Waals surface area contributed by atoms with E-state index in [2.05, 4.69) is 10.2 Å². The first kappa shape index (κ1) is 24.9. The van der Waals surface area contributed by atoms with Gasteiger partial charge in [-0.25, -0.2) is 4.79 Å². The minimum absolute atomic E-state index is 0.00410. The molecule has 1 atom stereocenters. The van der Waals surface area contributed by atoms with Crippen molar-refractivity contribution in [1.82, 2.24) is 10.2 Å². The number of benzene rings is 2. The predicted molar refractivity (Wildman–Crippen MR) is 137 cm³/mol. The summed E-state index contributed by atoms with van der Waals surface area (Å²) in [7, 11) is 0. The zero-order valence-electron chi connectivity index (χ0n) is 19.8. The molecule has 5 nitrogen and oxygen atoms in total. The van der Waals surface area contributed by atoms with Crippen LogP contribution in [0.1, 0.15) is 57.9 Å². The standard InChI is InChI=1S/C27H32Cl2N2O3/c1-17(2)30-27(33)34-22-10-8-18(9-11-22)20-15-24(28)23(25(29)16-20)14-19-12-13-31(26(19)32)21-6-4-3-5-7-21/h8-11,15-17,19,21H,3-7,12-14H2,1-2H3,(H,30,33). The molecule has 0 aromatic heterocycles. The second kappa shape index (κ2) is 11.0. The van der Waals surface area contributed by atoms with E-state index in [0.717, 1.165) is 42.5 Å². The maximum absolute atomic E-state index is 13.1. The highest BCUT2D eigenvalue weighted by molar-refractivity contribution is 6.36. The maximum Gasteiger partial charge on any atom is 0.412 e. The Morgan fingerprint density at radius 3 is 2.29 bits per heavy atom. The Morgan fingerprint density at radius 1 is 1.03 bits per heavy atom. The van der Waals surface area contributed by atoms with E-state index in [0.29, 0.717) is 28.3 Å². The highest BCUT2D eigenvalue weighted by Crippen LogP contribution is 2.37. The molecular formula is C27H32Cl2N2O3. The molecule has 0 spiro atoms. The second-order valence-corrected chi connectivity index (χ2v) is 10.5. The minimum Gasteiger partial charge on any atom is -0.410 e. The van der Waals surface area contributed by atoms with E-state index in [1.54, 1.807) is 12.1 Å². The van der Waals surface area contributed by atoms with Crippen molar-refractivity contribution in [2.75, 3.05) is 6.54 Å². The zero-order valence-corrected chi connectivity index (χ0v) is 21.3. The fourth-order valence-electron chi connectivity index (χ4n) is 5.01. The summed E-state index contributed by atoms with van der Waals surface area (Å²) in [6.45, 7) is 4.58. The molecule has 0 bridgehead atoms. The molecule has 2 aromatic carbocycles. The first-order valence-corrected chi connectivity index (χ1v) is 12.9. The molecule has 2 fully saturated rings. The molecule has 1 heterocycles. The van der Waals surface area contributed by atoms with Gasteiger partial charge in [-0.3, -0.25) is 4.79 Å². The number of nitrogens with zero attached hydrogens (tertiary/aromatic N) is 1. The van der Waals surface area contributed by atoms with Gasteiger partial charge in [-0.15, -0.1) is 0 Å². The van der Waals surface area contributed by atoms with Crippen LogP contribution in [0.3, 0.4) is 0 Å². The van der Waals surface area contributed by atoms with Crippen molar-refractivity contribution >= 4 is 35.2 Å². The van der Waals surface area contributed by atoms with E-state index in [-0.39, 0.29) is 17.9 Å². The van der Waals surface area contributed by atoms with E-state index in [9.17, 15) is 9.59 Å². The number of hydrogen-bond donors (Lipinski definition) is 1. The SMILES string of the molecule is CC(C)NC(=O)Oc1ccc(-c2cc(Cl)c(CC3CCN(C4CCCCC4)C3=O)c(Cl)c2)cc1. The van der Waals surface area contributed by atoms with E-state index < -0.39 is 6.09 Å². The molecule has 1 saturated carbocycles. The topological polar surface area (TPSA) is 58.6 Å². The molecule has 4 rings (SSSR count). The number of hydrogen-bond acceptors (Lipinski definition) is 3. The van der Waals surface area contributed by atoms with Crippen LogP contribution >= 0.6 is 23.2 Å². The molecular weight excluding hydrogens is 471 g/mol. The Morgan fingerprint density at radius 2 is 1.68 bits per heavy atom. The van der Waals surface area contributed by atoms with Gasteiger partial charge in [0.05, 0.1) is 0 Å². The van der Waals surface area contributed by atoms with Crippen molar-refractivity contribution in [1.29, 1.82) is 0 Å². The van der Waals surface area contributed by atoms with Gasteiger partial charge in [-0.2, -0.15) is 0 Å². The quantitative estimate of drug-likeness (QED) is 0.468. The summed E-state index contributed by atoms with van der Waals surface area (Å²) in [4.78, 5) is 27.0. The molecule has 1 unspecified atom stereocenters. The normalized spacial score (nSPS) is 19.0. The lowest BCUT2D eigenvalue weighted by Crippen LogP contribution is -2.39. The van der Waals surface area contributed by atoms with Gasteiger partial charge in [0.25, 0.3) is 0 Å². The third kappa shape index (κ3) is 5.87. The summed E-state index contributed by atoms with van der Waals surface area (Å²) in [5, 5.41) is 3.83. The van der Waals surface area contributed by atoms with Crippen LogP contribution in [0, 0.1) is 5.92 Å². The largest absolute Gasteiger partial charge is 0.412 e. The van der Waals surface area contributed by atoms with Gasteiger partial charge >= 0.3 is 6.09 Å². The van der Waals surface area contributed by atoms with Crippen LogP contribution in [0.25, 0.3) is 11.1 Å². The van der Waals surface area contributed by atoms with Crippen molar-refractivity contribution in [2.24, 2.45) is 5.92 Å². The Labute approximate surface area is 211 Å². The Bertz CT molecular complexity index is 1010. The summed E-state index contributed by atoms with van der Waals surface area (Å²) in [5.41, 5.74) is 2.62. The summed E-state index contributed by atoms with van der Waals surface area (Å²) in [5.74, 6) is 0.648. The number of carbonyl (C=O) groups excluding carboxylic acids is 2. The Hall–Kier alpha value is -2.24. The molecule has 2 aromatic rings. The molecule has 1 N–H and O–H groups in total. The first-order chi connectivity index (χ1) is 16.3. The lowest BCUT2D eigenvalue weighted by atomic mass is 9.93. The van der Waals surface area contributed by atoms with Crippen LogP contribution < -0.4 is 10.1 Å². The van der Waals surface area contributed by atoms with Crippen molar-refractivity contribution in [2.45, 2.75) is 70.9 Å². The fourth-order valence-corrected chi connectivity index (χ4v) is 5.65. The number of halogens is 2. The average molecular weight is 503 g/mol. The van der Waals surface area contributed by atoms with Crippen LogP contribution in [0.2, 0.25) is 10.0 Å². The van der Waals surface area contributed by atoms with Crippen LogP contribution in [0.5, 0.6) is 5.75 Å². The highest BCUT2D eigenvalue weighted by Gasteiger charge is 2.36. The Kier molecular flexibility index (Phi) is 8.05. The summed E-state index contributed by atoms with van der Waals surface area (Å²) >= 11 is 13.3. The molecule has 182 valence electrons. The molecule has 1 aliphatic carbocycles. The van der Waals surface area contributed by atoms with Crippen LogP contribution in [0.15, 0.2) is 36.4 Å². The predicted octanol–water partition coefficient (Wildman–Crippen LogP) is 6.88. The molecule has 1 aliphatic heterocycles. The summed E-state index contributed by atoms with van der Waals surface area (Å²) < 4.78 is 5.28. The lowest BCUT2D eigenvalue weighted by molar-refractivity contribution is -0.133. The number of nitrogens with one attached hydrogen (secondary N) is 1. The lowest BCUT2D eigenvalue weighted by Gasteiger charge is -2.31. The third-order valence-electron chi connectivity index (χ3n) is 6.76. The minimum atomic E-state index is -0.485. The van der Waals surface area contributed by atoms with Gasteiger partial charge in [0.2, 0.25) is 5.91 Å². The van der Waals surface area contributed by atoms with Crippen LogP contribution in [-0.2, 0) is 11.2 Å². The molecule has 2 aliphatic rings. The number of amides is 2. The number of likely N-dealkylation sites (tertiary alicyclic amines) is 1. The second-order valence-electron chi connectivity index (χ2n) is 9.64. The van der Waals surface area contributed by atoms with E-state index in [4.69, 9.17) is 27.9 Å². The smallest absolute Gasteiger partial charge is 0.410 e. The number of carbonyl (C=O) groups is 2. The van der Waals surface area contributed by atoms with Crippen molar-refractivity contribution in [3.05, 3.63) is 52.0 Å². The molecule has 0 radical (unpaired) electrons. The van der Waals surface area contributed by atoms with Crippen molar-refractivity contribution in [3.63, 3.8) is 0 Å². The van der Waals surface area contributed by atoms with Crippen LogP contribution in [-0.4, -0.2) is 35.5 Å². The zero-order chi connectivity index (χ0) is 24.2. The van der Waals surface area contributed by atoms with Gasteiger partial charge in [0.15, 0.2) is 0 Å². The van der Waals surface area contributed by atoms with Gasteiger partial charge in [-0.05, 0) is 80.5 Å². The summed E-state index contributed by atoms with van der Waals surface area (Å²) in [6, 6.07) is 11.4. The van der Waals surface area contributed by atoms with Gasteiger partial charge < -0.3 is 15.0 Å². The molecule has 2 amide bonds. The maximum atomic E-state index is 13.1. The van der Waals surface area contributed by atoms with Gasteiger partial charge in [0.1, 0.15) is 5.75 Å².